The summed E-state index contributed by atoms with van der Waals surface area (Å²) in [6, 6.07) is 15.3. The minimum absolute atomic E-state index is 0.0112. The molecule has 0 radical (unpaired) electrons. The number of carbonyl (C=O) groups is 1. The number of hydrogen-bond acceptors (Lipinski definition) is 9. The van der Waals surface area contributed by atoms with Crippen LogP contribution in [0.3, 0.4) is 0 Å². The number of carbonyl (C=O) groups excluding carboxylic acids is 1. The Balaban J connectivity index is 1.57. The molecule has 0 spiro atoms. The second-order valence-electron chi connectivity index (χ2n) is 6.12. The molecule has 2 aromatic heterocycles. The second kappa shape index (κ2) is 9.17. The van der Waals surface area contributed by atoms with Crippen LogP contribution in [0.4, 0.5) is 10.2 Å². The number of nitrogens with zero attached hydrogens (tertiary/aromatic N) is 6. The van der Waals surface area contributed by atoms with Gasteiger partial charge in [0.15, 0.2) is 5.69 Å². The third-order valence-corrected chi connectivity index (χ3v) is 5.07. The summed E-state index contributed by atoms with van der Waals surface area (Å²) in [5.41, 5.74) is 9.27. The number of aromatic nitrogens is 5. The van der Waals surface area contributed by atoms with Crippen LogP contribution >= 0.6 is 11.8 Å². The Morgan fingerprint density at radius 2 is 1.97 bits per heavy atom. The lowest BCUT2D eigenvalue weighted by Crippen LogP contribution is -2.20. The van der Waals surface area contributed by atoms with Crippen LogP contribution in [0.15, 0.2) is 69.2 Å². The monoisotopic (exact) mass is 438 g/mol. The summed E-state index contributed by atoms with van der Waals surface area (Å²) in [6.07, 6.45) is 1.39. The van der Waals surface area contributed by atoms with E-state index >= 15 is 0 Å². The molecule has 12 heteroatoms. The van der Waals surface area contributed by atoms with Crippen molar-refractivity contribution in [1.82, 2.24) is 30.7 Å². The average Bonchev–Trinajstić information content (AvgIpc) is 3.40. The Morgan fingerprint density at radius 1 is 1.19 bits per heavy atom. The first kappa shape index (κ1) is 20.2. The average molecular weight is 438 g/mol. The van der Waals surface area contributed by atoms with Crippen LogP contribution < -0.4 is 11.2 Å². The molecule has 31 heavy (non-hydrogen) atoms. The number of hydrogen-bond donors (Lipinski definition) is 2. The molecular formula is C19H15FN8O2S. The molecule has 156 valence electrons. The molecule has 2 aromatic carbocycles. The third kappa shape index (κ3) is 4.75. The van der Waals surface area contributed by atoms with Crippen molar-refractivity contribution in [2.75, 3.05) is 5.73 Å². The van der Waals surface area contributed by atoms with E-state index in [9.17, 15) is 9.18 Å². The summed E-state index contributed by atoms with van der Waals surface area (Å²) >= 11 is 1.47. The maximum atomic E-state index is 13.0. The minimum atomic E-state index is -0.580. The number of thioether (sulfide) groups is 1. The van der Waals surface area contributed by atoms with Gasteiger partial charge in [0.1, 0.15) is 5.82 Å². The molecule has 10 nitrogen and oxygen atoms in total. The summed E-state index contributed by atoms with van der Waals surface area (Å²) in [7, 11) is 0. The SMILES string of the molecule is Nc1nonc1-n1nnc(C(=O)N/N=C\c2ccc(F)cc2)c1CSc1ccccc1. The number of hydrazone groups is 1. The Hall–Kier alpha value is -4.06. The first-order valence-corrected chi connectivity index (χ1v) is 9.90. The second-order valence-corrected chi connectivity index (χ2v) is 7.17. The normalized spacial score (nSPS) is 11.1. The lowest BCUT2D eigenvalue weighted by atomic mass is 10.2. The summed E-state index contributed by atoms with van der Waals surface area (Å²) in [6.45, 7) is 0. The molecular weight excluding hydrogens is 423 g/mol. The summed E-state index contributed by atoms with van der Waals surface area (Å²) in [4.78, 5) is 13.7. The van der Waals surface area contributed by atoms with Gasteiger partial charge in [-0.3, -0.25) is 4.79 Å². The van der Waals surface area contributed by atoms with Crippen LogP contribution in [-0.2, 0) is 5.75 Å². The lowest BCUT2D eigenvalue weighted by molar-refractivity contribution is 0.0949. The van der Waals surface area contributed by atoms with Crippen molar-refractivity contribution in [2.45, 2.75) is 10.6 Å². The van der Waals surface area contributed by atoms with Gasteiger partial charge in [0.25, 0.3) is 5.91 Å². The van der Waals surface area contributed by atoms with Crippen molar-refractivity contribution in [2.24, 2.45) is 5.10 Å². The molecule has 0 aliphatic carbocycles. The lowest BCUT2D eigenvalue weighted by Gasteiger charge is -2.05. The van der Waals surface area contributed by atoms with Gasteiger partial charge in [-0.05, 0) is 40.1 Å². The zero-order chi connectivity index (χ0) is 21.6. The van der Waals surface area contributed by atoms with Gasteiger partial charge in [-0.25, -0.2) is 14.4 Å². The van der Waals surface area contributed by atoms with Crippen molar-refractivity contribution in [3.63, 3.8) is 0 Å². The standard InChI is InChI=1S/C19H15FN8O2S/c20-13-8-6-12(7-9-13)10-22-24-19(29)16-15(11-31-14-4-2-1-3-5-14)28(27-23-16)18-17(21)25-30-26-18/h1-10H,11H2,(H2,21,25)(H,24,29)/b22-10-. The number of nitrogens with two attached hydrogens (primary N) is 1. The zero-order valence-corrected chi connectivity index (χ0v) is 16.7. The maximum Gasteiger partial charge on any atom is 0.293 e. The van der Waals surface area contributed by atoms with Gasteiger partial charge in [0, 0.05) is 10.6 Å². The molecule has 4 aromatic rings. The molecule has 0 saturated heterocycles. The highest BCUT2D eigenvalue weighted by Crippen LogP contribution is 2.25. The Kier molecular flexibility index (Phi) is 5.98. The Labute approximate surface area is 179 Å². The predicted molar refractivity (Wildman–Crippen MR) is 111 cm³/mol. The fraction of sp³-hybridized carbons (Fsp3) is 0.0526. The molecule has 0 aliphatic heterocycles. The number of amides is 1. The van der Waals surface area contributed by atoms with Crippen LogP contribution in [0.25, 0.3) is 5.82 Å². The molecule has 0 unspecified atom stereocenters. The smallest absolute Gasteiger partial charge is 0.293 e. The van der Waals surface area contributed by atoms with Gasteiger partial charge in [-0.2, -0.15) is 9.78 Å². The van der Waals surface area contributed by atoms with Gasteiger partial charge in [0.2, 0.25) is 11.6 Å². The predicted octanol–water partition coefficient (Wildman–Crippen LogP) is 2.43. The van der Waals surface area contributed by atoms with E-state index in [1.165, 1.54) is 46.9 Å². The first-order chi connectivity index (χ1) is 15.1. The van der Waals surface area contributed by atoms with Gasteiger partial charge in [0.05, 0.1) is 11.9 Å². The molecule has 0 bridgehead atoms. The number of anilines is 1. The number of rotatable bonds is 7. The van der Waals surface area contributed by atoms with E-state index in [0.29, 0.717) is 17.0 Å². The fourth-order valence-electron chi connectivity index (χ4n) is 2.55. The first-order valence-electron chi connectivity index (χ1n) is 8.91. The number of halogens is 1. The number of nitrogen functional groups attached to an aromatic ring is 1. The van der Waals surface area contributed by atoms with Gasteiger partial charge < -0.3 is 5.73 Å². The molecule has 3 N–H and O–H groups in total. The van der Waals surface area contributed by atoms with E-state index in [2.05, 4.69) is 35.8 Å². The molecule has 4 rings (SSSR count). The minimum Gasteiger partial charge on any atom is -0.378 e. The molecule has 0 atom stereocenters. The zero-order valence-electron chi connectivity index (χ0n) is 15.8. The quantitative estimate of drug-likeness (QED) is 0.255. The van der Waals surface area contributed by atoms with Crippen molar-refractivity contribution in [1.29, 1.82) is 0 Å². The Bertz CT molecular complexity index is 1210. The van der Waals surface area contributed by atoms with Crippen LogP contribution in [0.2, 0.25) is 0 Å². The van der Waals surface area contributed by atoms with E-state index in [1.54, 1.807) is 0 Å². The number of benzene rings is 2. The van der Waals surface area contributed by atoms with Gasteiger partial charge in [-0.15, -0.1) is 16.9 Å². The largest absolute Gasteiger partial charge is 0.378 e. The van der Waals surface area contributed by atoms with Gasteiger partial charge >= 0.3 is 0 Å². The molecule has 1 amide bonds. The van der Waals surface area contributed by atoms with E-state index < -0.39 is 5.91 Å². The molecule has 0 fully saturated rings. The highest BCUT2D eigenvalue weighted by Gasteiger charge is 2.23. The van der Waals surface area contributed by atoms with Crippen molar-refractivity contribution >= 4 is 29.7 Å². The third-order valence-electron chi connectivity index (χ3n) is 4.04. The summed E-state index contributed by atoms with van der Waals surface area (Å²) in [5, 5.41) is 19.1. The number of nitrogens with one attached hydrogen (secondary N) is 1. The van der Waals surface area contributed by atoms with Crippen LogP contribution in [-0.4, -0.2) is 37.4 Å². The summed E-state index contributed by atoms with van der Waals surface area (Å²) in [5.74, 6) is -0.459. The molecule has 2 heterocycles. The van der Waals surface area contributed by atoms with Crippen LogP contribution in [0.1, 0.15) is 21.7 Å². The van der Waals surface area contributed by atoms with E-state index in [0.717, 1.165) is 4.90 Å². The van der Waals surface area contributed by atoms with Crippen LogP contribution in [0, 0.1) is 5.82 Å². The fourth-order valence-corrected chi connectivity index (χ4v) is 3.46. The van der Waals surface area contributed by atoms with E-state index in [-0.39, 0.29) is 23.1 Å². The van der Waals surface area contributed by atoms with Crippen molar-refractivity contribution < 1.29 is 13.8 Å². The van der Waals surface area contributed by atoms with E-state index in [1.807, 2.05) is 30.3 Å². The topological polar surface area (TPSA) is 137 Å². The highest BCUT2D eigenvalue weighted by atomic mass is 32.2. The maximum absolute atomic E-state index is 13.0. The molecule has 0 saturated carbocycles. The molecule has 0 aliphatic rings. The van der Waals surface area contributed by atoms with Gasteiger partial charge in [-0.1, -0.05) is 35.5 Å². The van der Waals surface area contributed by atoms with Crippen molar-refractivity contribution in [3.8, 4) is 5.82 Å². The van der Waals surface area contributed by atoms with Crippen molar-refractivity contribution in [3.05, 3.63) is 77.4 Å². The Morgan fingerprint density at radius 3 is 2.68 bits per heavy atom. The summed E-state index contributed by atoms with van der Waals surface area (Å²) < 4.78 is 18.9. The van der Waals surface area contributed by atoms with Crippen LogP contribution in [0.5, 0.6) is 0 Å². The highest BCUT2D eigenvalue weighted by molar-refractivity contribution is 7.98. The van der Waals surface area contributed by atoms with E-state index in [4.69, 9.17) is 5.73 Å².